The first kappa shape index (κ1) is 28.1. The van der Waals surface area contributed by atoms with Crippen LogP contribution in [0.25, 0.3) is 0 Å². The van der Waals surface area contributed by atoms with E-state index >= 15 is 0 Å². The molecule has 7 nitrogen and oxygen atoms in total. The largest absolute Gasteiger partial charge is 0.871 e. The number of ketones is 1. The molecule has 0 N–H and O–H groups in total. The topological polar surface area (TPSA) is 89.5 Å². The van der Waals surface area contributed by atoms with E-state index in [-0.39, 0.29) is 33.8 Å². The van der Waals surface area contributed by atoms with Crippen molar-refractivity contribution in [3.63, 3.8) is 0 Å². The number of non-ortho nitro benzene ring substituents is 1. The van der Waals surface area contributed by atoms with Gasteiger partial charge in [-0.25, -0.2) is 0 Å². The first-order valence-corrected chi connectivity index (χ1v) is 15.0. The molecule has 2 aromatic rings. The molecule has 42 heavy (non-hydrogen) atoms. The number of hydrogen-bond acceptors (Lipinski definition) is 5. The van der Waals surface area contributed by atoms with Gasteiger partial charge in [0.1, 0.15) is 7.05 Å². The Balaban J connectivity index is 1.38. The lowest BCUT2D eigenvalue weighted by molar-refractivity contribution is -0.402. The van der Waals surface area contributed by atoms with Crippen LogP contribution in [0, 0.1) is 23.0 Å². The summed E-state index contributed by atoms with van der Waals surface area (Å²) in [5.41, 5.74) is 6.49. The Kier molecular flexibility index (Phi) is 6.56. The maximum Gasteiger partial charge on any atom is 0.270 e. The summed E-state index contributed by atoms with van der Waals surface area (Å²) in [6.07, 6.45) is 9.77. The van der Waals surface area contributed by atoms with Gasteiger partial charge in [-0.05, 0) is 57.2 Å². The van der Waals surface area contributed by atoms with Gasteiger partial charge in [-0.3, -0.25) is 14.9 Å². The number of carbonyl (C=O) groups is 1. The van der Waals surface area contributed by atoms with E-state index in [0.717, 1.165) is 29.2 Å². The number of hydrogen-bond donors (Lipinski definition) is 0. The van der Waals surface area contributed by atoms with E-state index in [1.54, 1.807) is 18.2 Å². The Labute approximate surface area is 247 Å². The number of rotatable bonds is 5. The van der Waals surface area contributed by atoms with E-state index in [9.17, 15) is 20.0 Å². The van der Waals surface area contributed by atoms with Gasteiger partial charge in [0.25, 0.3) is 5.69 Å². The maximum absolute atomic E-state index is 13.6. The second-order valence-corrected chi connectivity index (χ2v) is 13.4. The third-order valence-corrected chi connectivity index (χ3v) is 9.98. The molecule has 0 radical (unpaired) electrons. The fourth-order valence-corrected chi connectivity index (χ4v) is 7.44. The van der Waals surface area contributed by atoms with E-state index in [0.29, 0.717) is 5.92 Å². The molecule has 0 unspecified atom stereocenters. The van der Waals surface area contributed by atoms with Crippen LogP contribution in [0.1, 0.15) is 76.5 Å². The monoisotopic (exact) mass is 565 g/mol. The summed E-state index contributed by atoms with van der Waals surface area (Å²) in [6, 6.07) is 11.4. The van der Waals surface area contributed by atoms with Crippen molar-refractivity contribution in [2.24, 2.45) is 5.92 Å². The zero-order valence-corrected chi connectivity index (χ0v) is 25.4. The Morgan fingerprint density at radius 3 is 2.38 bits per heavy atom. The van der Waals surface area contributed by atoms with E-state index in [1.165, 1.54) is 55.0 Å². The van der Waals surface area contributed by atoms with E-state index in [1.807, 2.05) is 31.5 Å². The Bertz CT molecular complexity index is 1660. The SMILES string of the molecule is Cc1ccc2c(c1)C(C)(C)/C(=C/C1=C([O-])C(=CC3=[N+](C)c4ccc([N+](=O)[O-])cc4C3(C)C)C1=O)N2CC1CCCCC1. The second-order valence-electron chi connectivity index (χ2n) is 13.4. The van der Waals surface area contributed by atoms with E-state index in [4.69, 9.17) is 0 Å². The number of nitro benzene ring substituents is 1. The average molecular weight is 566 g/mol. The third kappa shape index (κ3) is 4.24. The highest BCUT2D eigenvalue weighted by atomic mass is 16.6. The van der Waals surface area contributed by atoms with Crippen molar-refractivity contribution in [3.05, 3.63) is 98.0 Å². The van der Waals surface area contributed by atoms with E-state index in [2.05, 4.69) is 43.9 Å². The average Bonchev–Trinajstić information content (AvgIpc) is 3.27. The summed E-state index contributed by atoms with van der Waals surface area (Å²) in [5.74, 6) is 0.103. The molecular formula is C35H39N3O4. The number of fused-ring (bicyclic) bond motifs is 2. The molecule has 0 amide bonds. The first-order chi connectivity index (χ1) is 19.8. The van der Waals surface area contributed by atoms with Crippen LogP contribution in [0.5, 0.6) is 0 Å². The minimum Gasteiger partial charge on any atom is -0.871 e. The van der Waals surface area contributed by atoms with Crippen LogP contribution >= 0.6 is 0 Å². The number of nitro groups is 1. The third-order valence-electron chi connectivity index (χ3n) is 9.98. The van der Waals surface area contributed by atoms with Gasteiger partial charge in [0, 0.05) is 64.3 Å². The minimum atomic E-state index is -0.609. The number of carbonyl (C=O) groups excluding carboxylic acids is 1. The molecule has 6 rings (SSSR count). The van der Waals surface area contributed by atoms with Gasteiger partial charge in [-0.15, -0.1) is 0 Å². The molecule has 0 atom stereocenters. The fraction of sp³-hybridized carbons (Fsp3) is 0.429. The quantitative estimate of drug-likeness (QED) is 0.184. The van der Waals surface area contributed by atoms with Gasteiger partial charge in [0.2, 0.25) is 5.69 Å². The first-order valence-electron chi connectivity index (χ1n) is 15.0. The molecule has 2 aliphatic heterocycles. The number of aryl methyl sites for hydroxylation is 1. The second kappa shape index (κ2) is 9.79. The number of anilines is 1. The molecule has 0 bridgehead atoms. The number of nitrogens with zero attached hydrogens (tertiary/aromatic N) is 3. The summed E-state index contributed by atoms with van der Waals surface area (Å²) in [7, 11) is 1.87. The molecule has 2 heterocycles. The standard InChI is InChI=1S/C35H39N3O4/c1-21-12-14-29-26(16-21)35(4,5)31(37(29)20-22-10-8-7-9-11-22)19-25-32(39)24(33(25)40)18-30-34(2,3)27-17-23(38(41)42)13-15-28(27)36(30)6/h12-19,22H,7-11,20H2,1-6H3. The summed E-state index contributed by atoms with van der Waals surface area (Å²) in [5, 5.41) is 25.0. The molecular weight excluding hydrogens is 526 g/mol. The van der Waals surface area contributed by atoms with Crippen molar-refractivity contribution in [2.45, 2.75) is 77.6 Å². The molecule has 0 saturated heterocycles. The van der Waals surface area contributed by atoms with Crippen LogP contribution in [-0.2, 0) is 15.6 Å². The van der Waals surface area contributed by atoms with Crippen molar-refractivity contribution in [2.75, 3.05) is 18.5 Å². The van der Waals surface area contributed by atoms with Crippen molar-refractivity contribution in [1.82, 2.24) is 0 Å². The lowest BCUT2D eigenvalue weighted by Crippen LogP contribution is -2.35. The van der Waals surface area contributed by atoms with Crippen molar-refractivity contribution in [1.29, 1.82) is 0 Å². The molecule has 7 heteroatoms. The number of benzene rings is 2. The van der Waals surface area contributed by atoms with E-state index < -0.39 is 10.3 Å². The zero-order valence-electron chi connectivity index (χ0n) is 25.4. The van der Waals surface area contributed by atoms with Gasteiger partial charge in [-0.1, -0.05) is 56.6 Å². The molecule has 1 fully saturated rings. The molecule has 0 aromatic heterocycles. The predicted molar refractivity (Wildman–Crippen MR) is 163 cm³/mol. The highest BCUT2D eigenvalue weighted by Gasteiger charge is 2.46. The molecule has 2 aromatic carbocycles. The lowest BCUT2D eigenvalue weighted by atomic mass is 9.77. The summed E-state index contributed by atoms with van der Waals surface area (Å²) < 4.78 is 1.92. The summed E-state index contributed by atoms with van der Waals surface area (Å²) in [6.45, 7) is 11.3. The molecule has 4 aliphatic rings. The predicted octanol–water partition coefficient (Wildman–Crippen LogP) is 6.29. The minimum absolute atomic E-state index is 0.0234. The van der Waals surface area contributed by atoms with Gasteiger partial charge >= 0.3 is 0 Å². The highest BCUT2D eigenvalue weighted by molar-refractivity contribution is 6.24. The van der Waals surface area contributed by atoms with Crippen LogP contribution in [-0.4, -0.2) is 34.6 Å². The molecule has 2 aliphatic carbocycles. The van der Waals surface area contributed by atoms with Crippen LogP contribution in [0.15, 0.2) is 71.2 Å². The van der Waals surface area contributed by atoms with Crippen LogP contribution < -0.4 is 10.0 Å². The molecule has 0 spiro atoms. The summed E-state index contributed by atoms with van der Waals surface area (Å²) in [4.78, 5) is 27.0. The smallest absolute Gasteiger partial charge is 0.270 e. The van der Waals surface area contributed by atoms with Crippen molar-refractivity contribution < 1.29 is 19.4 Å². The van der Waals surface area contributed by atoms with Gasteiger partial charge in [0.05, 0.1) is 10.3 Å². The van der Waals surface area contributed by atoms with Gasteiger partial charge < -0.3 is 10.0 Å². The Hall–Kier alpha value is -4.00. The molecule has 218 valence electrons. The molecule has 1 saturated carbocycles. The summed E-state index contributed by atoms with van der Waals surface area (Å²) >= 11 is 0. The van der Waals surface area contributed by atoms with Crippen LogP contribution in [0.4, 0.5) is 17.1 Å². The lowest BCUT2D eigenvalue weighted by Gasteiger charge is -2.34. The van der Waals surface area contributed by atoms with Gasteiger partial charge in [-0.2, -0.15) is 4.58 Å². The highest BCUT2D eigenvalue weighted by Crippen LogP contribution is 2.50. The van der Waals surface area contributed by atoms with Crippen LogP contribution in [0.3, 0.4) is 0 Å². The fourth-order valence-electron chi connectivity index (χ4n) is 7.44. The van der Waals surface area contributed by atoms with Crippen molar-refractivity contribution >= 4 is 28.6 Å². The number of Topliss-reactive ketones (excluding diaryl/α,β-unsaturated/α-hetero) is 1. The Morgan fingerprint density at radius 1 is 1.00 bits per heavy atom. The normalized spacial score (nSPS) is 23.1. The Morgan fingerprint density at radius 2 is 1.71 bits per heavy atom. The zero-order chi connectivity index (χ0) is 30.1. The van der Waals surface area contributed by atoms with Gasteiger partial charge in [0.15, 0.2) is 11.5 Å². The van der Waals surface area contributed by atoms with Crippen LogP contribution in [0.2, 0.25) is 0 Å². The number of allylic oxidation sites excluding steroid dienone is 5. The maximum atomic E-state index is 13.6. The van der Waals surface area contributed by atoms with Crippen molar-refractivity contribution in [3.8, 4) is 0 Å².